The third kappa shape index (κ3) is 2.45. The molecule has 0 bridgehead atoms. The van der Waals surface area contributed by atoms with Gasteiger partial charge in [0.15, 0.2) is 0 Å². The van der Waals surface area contributed by atoms with Gasteiger partial charge in [0.2, 0.25) is 0 Å². The molecular weight excluding hydrogens is 224 g/mol. The van der Waals surface area contributed by atoms with Crippen molar-refractivity contribution in [3.63, 3.8) is 0 Å². The monoisotopic (exact) mass is 248 g/mol. The van der Waals surface area contributed by atoms with Crippen molar-refractivity contribution >= 4 is 0 Å². The lowest BCUT2D eigenvalue weighted by atomic mass is 10.1. The van der Waals surface area contributed by atoms with Crippen molar-refractivity contribution in [1.82, 2.24) is 19.8 Å². The largest absolute Gasteiger partial charge is 0.333 e. The Kier molecular flexibility index (Phi) is 3.66. The second-order valence-corrected chi connectivity index (χ2v) is 5.75. The van der Waals surface area contributed by atoms with E-state index in [9.17, 15) is 0 Å². The summed E-state index contributed by atoms with van der Waals surface area (Å²) in [4.78, 5) is 6.97. The number of hydrogen-bond donors (Lipinski definition) is 1. The summed E-state index contributed by atoms with van der Waals surface area (Å²) in [5, 5.41) is 3.44. The molecule has 3 rings (SSSR count). The van der Waals surface area contributed by atoms with Crippen molar-refractivity contribution in [3.05, 3.63) is 18.2 Å². The van der Waals surface area contributed by atoms with E-state index in [1.165, 1.54) is 38.0 Å². The second-order valence-electron chi connectivity index (χ2n) is 5.75. The van der Waals surface area contributed by atoms with E-state index in [4.69, 9.17) is 0 Å². The molecule has 4 heteroatoms. The predicted molar refractivity (Wildman–Crippen MR) is 72.7 cm³/mol. The molecule has 4 nitrogen and oxygen atoms in total. The molecule has 0 aromatic carbocycles. The number of nitrogens with one attached hydrogen (secondary N) is 1. The Morgan fingerprint density at radius 2 is 2.28 bits per heavy atom. The van der Waals surface area contributed by atoms with Gasteiger partial charge in [-0.1, -0.05) is 0 Å². The average Bonchev–Trinajstić information content (AvgIpc) is 3.11. The summed E-state index contributed by atoms with van der Waals surface area (Å²) in [6, 6.07) is 0.634. The quantitative estimate of drug-likeness (QED) is 0.875. The van der Waals surface area contributed by atoms with Crippen molar-refractivity contribution in [3.8, 4) is 0 Å². The fourth-order valence-corrected chi connectivity index (χ4v) is 3.31. The second kappa shape index (κ2) is 5.41. The summed E-state index contributed by atoms with van der Waals surface area (Å²) in [6.45, 7) is 8.25. The zero-order valence-electron chi connectivity index (χ0n) is 11.3. The third-order valence-corrected chi connectivity index (χ3v) is 4.45. The molecule has 2 saturated heterocycles. The van der Waals surface area contributed by atoms with E-state index >= 15 is 0 Å². The molecule has 0 aliphatic carbocycles. The predicted octanol–water partition coefficient (Wildman–Crippen LogP) is 1.44. The van der Waals surface area contributed by atoms with Gasteiger partial charge in [0.25, 0.3) is 0 Å². The molecule has 0 radical (unpaired) electrons. The summed E-state index contributed by atoms with van der Waals surface area (Å²) < 4.78 is 2.38. The highest BCUT2D eigenvalue weighted by Gasteiger charge is 2.23. The fraction of sp³-hybridized carbons (Fsp3) is 0.786. The first-order valence-corrected chi connectivity index (χ1v) is 7.29. The van der Waals surface area contributed by atoms with Gasteiger partial charge in [-0.3, -0.25) is 4.90 Å². The van der Waals surface area contributed by atoms with Crippen molar-refractivity contribution < 1.29 is 0 Å². The minimum atomic E-state index is 0.634. The first kappa shape index (κ1) is 12.2. The number of hydrogen-bond acceptors (Lipinski definition) is 3. The zero-order valence-corrected chi connectivity index (χ0v) is 11.3. The summed E-state index contributed by atoms with van der Waals surface area (Å²) in [7, 11) is 0. The van der Waals surface area contributed by atoms with Crippen LogP contribution < -0.4 is 5.32 Å². The van der Waals surface area contributed by atoms with Crippen LogP contribution in [0, 0.1) is 0 Å². The number of nitrogens with zero attached hydrogens (tertiary/aromatic N) is 3. The molecule has 0 spiro atoms. The SMILES string of the molecule is CC(Cn1cncc1C1CCNC1)N1CCCC1. The molecule has 1 N–H and O–H groups in total. The molecule has 3 heterocycles. The van der Waals surface area contributed by atoms with Gasteiger partial charge in [0.05, 0.1) is 6.33 Å². The van der Waals surface area contributed by atoms with Crippen LogP contribution in [0.1, 0.15) is 37.8 Å². The van der Waals surface area contributed by atoms with Crippen LogP contribution in [0.4, 0.5) is 0 Å². The smallest absolute Gasteiger partial charge is 0.0948 e. The lowest BCUT2D eigenvalue weighted by molar-refractivity contribution is 0.233. The van der Waals surface area contributed by atoms with E-state index in [1.54, 1.807) is 0 Å². The average molecular weight is 248 g/mol. The Balaban J connectivity index is 1.66. The van der Waals surface area contributed by atoms with Crippen LogP contribution in [0.25, 0.3) is 0 Å². The molecule has 1 aromatic rings. The molecular formula is C14H24N4. The number of likely N-dealkylation sites (tertiary alicyclic amines) is 1. The standard InChI is InChI=1S/C14H24N4/c1-12(17-6-2-3-7-17)10-18-11-16-9-14(18)13-4-5-15-8-13/h9,11-13,15H,2-8,10H2,1H3. The summed E-state index contributed by atoms with van der Waals surface area (Å²) >= 11 is 0. The topological polar surface area (TPSA) is 33.1 Å². The summed E-state index contributed by atoms with van der Waals surface area (Å²) in [5.41, 5.74) is 1.42. The van der Waals surface area contributed by atoms with Crippen LogP contribution in [0.15, 0.2) is 12.5 Å². The zero-order chi connectivity index (χ0) is 12.4. The van der Waals surface area contributed by atoms with Gasteiger partial charge in [0.1, 0.15) is 0 Å². The number of rotatable bonds is 4. The van der Waals surface area contributed by atoms with E-state index in [0.717, 1.165) is 19.6 Å². The molecule has 2 fully saturated rings. The van der Waals surface area contributed by atoms with Gasteiger partial charge in [-0.15, -0.1) is 0 Å². The Labute approximate surface area is 109 Å². The molecule has 0 saturated carbocycles. The maximum absolute atomic E-state index is 4.36. The molecule has 0 amide bonds. The van der Waals surface area contributed by atoms with Gasteiger partial charge in [-0.05, 0) is 45.8 Å². The van der Waals surface area contributed by atoms with Gasteiger partial charge in [-0.2, -0.15) is 0 Å². The molecule has 2 aliphatic heterocycles. The van der Waals surface area contributed by atoms with E-state index in [-0.39, 0.29) is 0 Å². The molecule has 2 unspecified atom stereocenters. The van der Waals surface area contributed by atoms with Crippen molar-refractivity contribution in [2.45, 2.75) is 44.7 Å². The van der Waals surface area contributed by atoms with Crippen LogP contribution in [-0.4, -0.2) is 46.7 Å². The molecule has 18 heavy (non-hydrogen) atoms. The van der Waals surface area contributed by atoms with E-state index in [1.807, 2.05) is 6.33 Å². The van der Waals surface area contributed by atoms with Crippen molar-refractivity contribution in [2.75, 3.05) is 26.2 Å². The maximum atomic E-state index is 4.36. The lowest BCUT2D eigenvalue weighted by Crippen LogP contribution is -2.34. The van der Waals surface area contributed by atoms with Gasteiger partial charge < -0.3 is 9.88 Å². The Bertz CT molecular complexity index is 375. The fourth-order valence-electron chi connectivity index (χ4n) is 3.31. The van der Waals surface area contributed by atoms with E-state index in [0.29, 0.717) is 12.0 Å². The summed E-state index contributed by atoms with van der Waals surface area (Å²) in [6.07, 6.45) is 8.07. The van der Waals surface area contributed by atoms with Crippen LogP contribution >= 0.6 is 0 Å². The van der Waals surface area contributed by atoms with Crippen LogP contribution in [-0.2, 0) is 6.54 Å². The Hall–Kier alpha value is -0.870. The highest BCUT2D eigenvalue weighted by molar-refractivity contribution is 5.09. The normalized spacial score (nSPS) is 26.8. The minimum Gasteiger partial charge on any atom is -0.333 e. The first-order chi connectivity index (χ1) is 8.84. The van der Waals surface area contributed by atoms with Gasteiger partial charge in [-0.25, -0.2) is 4.98 Å². The highest BCUT2D eigenvalue weighted by Crippen LogP contribution is 2.23. The summed E-state index contributed by atoms with van der Waals surface area (Å²) in [5.74, 6) is 0.665. The highest BCUT2D eigenvalue weighted by atomic mass is 15.2. The third-order valence-electron chi connectivity index (χ3n) is 4.45. The lowest BCUT2D eigenvalue weighted by Gasteiger charge is -2.25. The van der Waals surface area contributed by atoms with E-state index in [2.05, 4.69) is 32.9 Å². The minimum absolute atomic E-state index is 0.634. The molecule has 1 aromatic heterocycles. The number of aromatic nitrogens is 2. The molecule has 2 aliphatic rings. The number of imidazole rings is 1. The molecule has 2 atom stereocenters. The molecule has 100 valence electrons. The van der Waals surface area contributed by atoms with Crippen LogP contribution in [0.2, 0.25) is 0 Å². The van der Waals surface area contributed by atoms with Gasteiger partial charge in [0, 0.05) is 36.9 Å². The Morgan fingerprint density at radius 1 is 1.44 bits per heavy atom. The van der Waals surface area contributed by atoms with Gasteiger partial charge >= 0.3 is 0 Å². The van der Waals surface area contributed by atoms with Crippen molar-refractivity contribution in [1.29, 1.82) is 0 Å². The van der Waals surface area contributed by atoms with Crippen LogP contribution in [0.3, 0.4) is 0 Å². The van der Waals surface area contributed by atoms with E-state index < -0.39 is 0 Å². The van der Waals surface area contributed by atoms with Crippen LogP contribution in [0.5, 0.6) is 0 Å². The van der Waals surface area contributed by atoms with Crippen molar-refractivity contribution in [2.24, 2.45) is 0 Å². The Morgan fingerprint density at radius 3 is 3.00 bits per heavy atom. The first-order valence-electron chi connectivity index (χ1n) is 7.29. The maximum Gasteiger partial charge on any atom is 0.0948 e.